The Morgan fingerprint density at radius 1 is 1.24 bits per heavy atom. The second-order valence-electron chi connectivity index (χ2n) is 4.21. The molecule has 112 valence electrons. The summed E-state index contributed by atoms with van der Waals surface area (Å²) in [5.74, 6) is 0.716. The van der Waals surface area contributed by atoms with E-state index in [2.05, 4.69) is 20.3 Å². The fraction of sp³-hybridized carbons (Fsp3) is 0.357. The molecule has 1 aromatic heterocycles. The lowest BCUT2D eigenvalue weighted by molar-refractivity contribution is 0.292. The van der Waals surface area contributed by atoms with Crippen molar-refractivity contribution in [3.8, 4) is 23.1 Å². The van der Waals surface area contributed by atoms with Crippen molar-refractivity contribution in [2.75, 3.05) is 26.1 Å². The molecule has 0 bridgehead atoms. The molecule has 2 rings (SSSR count). The van der Waals surface area contributed by atoms with Gasteiger partial charge in [-0.2, -0.15) is 15.0 Å². The van der Waals surface area contributed by atoms with Crippen LogP contribution in [-0.4, -0.2) is 35.7 Å². The summed E-state index contributed by atoms with van der Waals surface area (Å²) in [5, 5.41) is 2.83. The highest BCUT2D eigenvalue weighted by molar-refractivity contribution is 5.65. The standard InChI is InChI=1S/C14H17FN4O2/c1-4-7-21-14-18-12(17-13(16-2)19-14)10-8-9(15)5-6-11(10)20-3/h5-6,8H,4,7H2,1-3H3,(H,16,17,18,19). The van der Waals surface area contributed by atoms with Crippen LogP contribution in [0.15, 0.2) is 18.2 Å². The van der Waals surface area contributed by atoms with Crippen LogP contribution >= 0.6 is 0 Å². The Morgan fingerprint density at radius 3 is 2.71 bits per heavy atom. The Bertz CT molecular complexity index is 622. The summed E-state index contributed by atoms with van der Waals surface area (Å²) in [6.07, 6.45) is 0.833. The van der Waals surface area contributed by atoms with Crippen molar-refractivity contribution in [2.24, 2.45) is 0 Å². The van der Waals surface area contributed by atoms with Gasteiger partial charge in [-0.25, -0.2) is 4.39 Å². The third-order valence-electron chi connectivity index (χ3n) is 2.68. The van der Waals surface area contributed by atoms with E-state index in [1.165, 1.54) is 25.3 Å². The Labute approximate surface area is 122 Å². The molecule has 6 nitrogen and oxygen atoms in total. The van der Waals surface area contributed by atoms with Crippen LogP contribution < -0.4 is 14.8 Å². The molecule has 21 heavy (non-hydrogen) atoms. The zero-order valence-electron chi connectivity index (χ0n) is 12.2. The molecule has 2 aromatic rings. The van der Waals surface area contributed by atoms with Crippen LogP contribution in [0, 0.1) is 5.82 Å². The van der Waals surface area contributed by atoms with E-state index in [0.29, 0.717) is 23.9 Å². The van der Waals surface area contributed by atoms with Crippen LogP contribution in [0.4, 0.5) is 10.3 Å². The second-order valence-corrected chi connectivity index (χ2v) is 4.21. The van der Waals surface area contributed by atoms with Crippen molar-refractivity contribution < 1.29 is 13.9 Å². The Balaban J connectivity index is 2.49. The Kier molecular flexibility index (Phi) is 4.86. The predicted molar refractivity (Wildman–Crippen MR) is 77.1 cm³/mol. The summed E-state index contributed by atoms with van der Waals surface area (Å²) in [6.45, 7) is 2.48. The maximum absolute atomic E-state index is 13.5. The largest absolute Gasteiger partial charge is 0.496 e. The van der Waals surface area contributed by atoms with Crippen molar-refractivity contribution in [1.29, 1.82) is 0 Å². The summed E-state index contributed by atoms with van der Waals surface area (Å²) in [4.78, 5) is 12.5. The molecule has 1 heterocycles. The number of rotatable bonds is 6. The smallest absolute Gasteiger partial charge is 0.321 e. The zero-order chi connectivity index (χ0) is 15.2. The van der Waals surface area contributed by atoms with Gasteiger partial charge >= 0.3 is 6.01 Å². The lowest BCUT2D eigenvalue weighted by Crippen LogP contribution is -2.06. The number of aromatic nitrogens is 3. The van der Waals surface area contributed by atoms with Gasteiger partial charge < -0.3 is 14.8 Å². The fourth-order valence-corrected chi connectivity index (χ4v) is 1.70. The molecule has 0 radical (unpaired) electrons. The van der Waals surface area contributed by atoms with Gasteiger partial charge in [-0.1, -0.05) is 6.92 Å². The molecule has 0 amide bonds. The quantitative estimate of drug-likeness (QED) is 0.882. The van der Waals surface area contributed by atoms with Crippen LogP contribution in [0.1, 0.15) is 13.3 Å². The molecular weight excluding hydrogens is 275 g/mol. The minimum Gasteiger partial charge on any atom is -0.496 e. The topological polar surface area (TPSA) is 69.2 Å². The van der Waals surface area contributed by atoms with Crippen molar-refractivity contribution in [3.05, 3.63) is 24.0 Å². The number of halogens is 1. The highest BCUT2D eigenvalue weighted by atomic mass is 19.1. The SMILES string of the molecule is CCCOc1nc(NC)nc(-c2cc(F)ccc2OC)n1. The van der Waals surface area contributed by atoms with Crippen LogP contribution in [0.25, 0.3) is 11.4 Å². The van der Waals surface area contributed by atoms with E-state index in [1.807, 2.05) is 6.92 Å². The third kappa shape index (κ3) is 3.56. The molecule has 0 saturated carbocycles. The molecule has 0 aliphatic carbocycles. The number of anilines is 1. The monoisotopic (exact) mass is 292 g/mol. The lowest BCUT2D eigenvalue weighted by atomic mass is 10.2. The summed E-state index contributed by atoms with van der Waals surface area (Å²) in [5.41, 5.74) is 0.442. The van der Waals surface area contributed by atoms with Gasteiger partial charge in [0.1, 0.15) is 11.6 Å². The van der Waals surface area contributed by atoms with Crippen molar-refractivity contribution in [1.82, 2.24) is 15.0 Å². The van der Waals surface area contributed by atoms with Gasteiger partial charge in [0.05, 0.1) is 19.3 Å². The number of hydrogen-bond donors (Lipinski definition) is 1. The maximum atomic E-state index is 13.5. The first-order valence-electron chi connectivity index (χ1n) is 6.58. The van der Waals surface area contributed by atoms with Crippen molar-refractivity contribution in [3.63, 3.8) is 0 Å². The van der Waals surface area contributed by atoms with Gasteiger partial charge in [0.15, 0.2) is 5.82 Å². The first kappa shape index (κ1) is 15.0. The summed E-state index contributed by atoms with van der Waals surface area (Å²) in [6, 6.07) is 4.35. The van der Waals surface area contributed by atoms with Crippen LogP contribution in [0.2, 0.25) is 0 Å². The highest BCUT2D eigenvalue weighted by Gasteiger charge is 2.14. The van der Waals surface area contributed by atoms with E-state index < -0.39 is 5.82 Å². The molecule has 1 aromatic carbocycles. The van der Waals surface area contributed by atoms with E-state index in [0.717, 1.165) is 6.42 Å². The van der Waals surface area contributed by atoms with Gasteiger partial charge in [0.2, 0.25) is 5.95 Å². The minimum atomic E-state index is -0.395. The molecule has 0 atom stereocenters. The first-order valence-corrected chi connectivity index (χ1v) is 6.58. The number of hydrogen-bond acceptors (Lipinski definition) is 6. The molecule has 7 heteroatoms. The second kappa shape index (κ2) is 6.83. The molecule has 0 aliphatic rings. The predicted octanol–water partition coefficient (Wildman–Crippen LogP) is 2.52. The van der Waals surface area contributed by atoms with Crippen LogP contribution in [0.3, 0.4) is 0 Å². The summed E-state index contributed by atoms with van der Waals surface area (Å²) in [7, 11) is 3.19. The molecule has 0 spiro atoms. The Morgan fingerprint density at radius 2 is 2.05 bits per heavy atom. The van der Waals surface area contributed by atoms with Crippen LogP contribution in [-0.2, 0) is 0 Å². The van der Waals surface area contributed by atoms with E-state index in [1.54, 1.807) is 7.05 Å². The summed E-state index contributed by atoms with van der Waals surface area (Å²) < 4.78 is 24.1. The summed E-state index contributed by atoms with van der Waals surface area (Å²) >= 11 is 0. The van der Waals surface area contributed by atoms with Gasteiger partial charge in [0.25, 0.3) is 0 Å². The molecule has 0 aliphatic heterocycles. The zero-order valence-corrected chi connectivity index (χ0v) is 12.2. The maximum Gasteiger partial charge on any atom is 0.321 e. The molecule has 0 saturated heterocycles. The van der Waals surface area contributed by atoms with Gasteiger partial charge in [-0.05, 0) is 24.6 Å². The van der Waals surface area contributed by atoms with Gasteiger partial charge in [-0.3, -0.25) is 0 Å². The number of benzene rings is 1. The number of nitrogens with one attached hydrogen (secondary N) is 1. The van der Waals surface area contributed by atoms with E-state index in [-0.39, 0.29) is 11.8 Å². The van der Waals surface area contributed by atoms with Crippen molar-refractivity contribution in [2.45, 2.75) is 13.3 Å². The van der Waals surface area contributed by atoms with Crippen LogP contribution in [0.5, 0.6) is 11.8 Å². The van der Waals surface area contributed by atoms with E-state index >= 15 is 0 Å². The minimum absolute atomic E-state index is 0.192. The van der Waals surface area contributed by atoms with Gasteiger partial charge in [-0.15, -0.1) is 0 Å². The fourth-order valence-electron chi connectivity index (χ4n) is 1.70. The highest BCUT2D eigenvalue weighted by Crippen LogP contribution is 2.29. The molecule has 1 N–H and O–H groups in total. The van der Waals surface area contributed by atoms with E-state index in [9.17, 15) is 4.39 Å². The van der Waals surface area contributed by atoms with Gasteiger partial charge in [0, 0.05) is 7.05 Å². The number of methoxy groups -OCH3 is 1. The Hall–Kier alpha value is -2.44. The molecule has 0 fully saturated rings. The average Bonchev–Trinajstić information content (AvgIpc) is 2.52. The average molecular weight is 292 g/mol. The molecular formula is C14H17FN4O2. The first-order chi connectivity index (χ1) is 10.2. The number of nitrogens with zero attached hydrogens (tertiary/aromatic N) is 3. The van der Waals surface area contributed by atoms with E-state index in [4.69, 9.17) is 9.47 Å². The molecule has 0 unspecified atom stereocenters. The lowest BCUT2D eigenvalue weighted by Gasteiger charge is -2.10. The third-order valence-corrected chi connectivity index (χ3v) is 2.68. The van der Waals surface area contributed by atoms with Crippen molar-refractivity contribution >= 4 is 5.95 Å². The number of ether oxygens (including phenoxy) is 2. The normalized spacial score (nSPS) is 10.3.